The summed E-state index contributed by atoms with van der Waals surface area (Å²) in [7, 11) is 0. The number of hydrogen-bond acceptors (Lipinski definition) is 11. The van der Waals surface area contributed by atoms with E-state index in [4.69, 9.17) is 9.97 Å². The minimum Gasteiger partial charge on any atom is -0.384 e. The van der Waals surface area contributed by atoms with Gasteiger partial charge in [0.25, 0.3) is 5.56 Å². The molecule has 0 saturated carbocycles. The summed E-state index contributed by atoms with van der Waals surface area (Å²) in [5, 5.41) is 20.5. The molecular weight excluding hydrogens is 672 g/mol. The molecule has 3 aromatic heterocycles. The lowest BCUT2D eigenvalue weighted by atomic mass is 9.98. The van der Waals surface area contributed by atoms with Gasteiger partial charge in [-0.2, -0.15) is 4.98 Å². The van der Waals surface area contributed by atoms with E-state index in [2.05, 4.69) is 61.6 Å². The fourth-order valence-corrected chi connectivity index (χ4v) is 7.52. The van der Waals surface area contributed by atoms with Gasteiger partial charge in [0.2, 0.25) is 17.8 Å². The van der Waals surface area contributed by atoms with E-state index in [1.165, 1.54) is 10.9 Å². The highest BCUT2D eigenvalue weighted by molar-refractivity contribution is 6.01. The molecule has 5 aromatic rings. The molecule has 2 aliphatic heterocycles. The number of aryl methyl sites for hydroxylation is 1. The summed E-state index contributed by atoms with van der Waals surface area (Å²) in [6.45, 7) is 9.48. The Balaban J connectivity index is 0.940. The zero-order valence-corrected chi connectivity index (χ0v) is 29.6. The number of nitrogens with one attached hydrogen (secondary N) is 3. The first kappa shape index (κ1) is 34.1. The second-order valence-corrected chi connectivity index (χ2v) is 13.8. The van der Waals surface area contributed by atoms with Gasteiger partial charge in [-0.05, 0) is 85.8 Å². The lowest BCUT2D eigenvalue weighted by Crippen LogP contribution is -2.47. The van der Waals surface area contributed by atoms with Crippen molar-refractivity contribution in [3.63, 3.8) is 0 Å². The van der Waals surface area contributed by atoms with Crippen LogP contribution < -0.4 is 31.3 Å². The van der Waals surface area contributed by atoms with Crippen LogP contribution in [0, 0.1) is 0 Å². The summed E-state index contributed by atoms with van der Waals surface area (Å²) in [4.78, 5) is 55.9. The molecule has 0 radical (unpaired) electrons. The third kappa shape index (κ3) is 6.50. The number of fused-ring (bicyclic) bond motifs is 2. The molecule has 14 heteroatoms. The van der Waals surface area contributed by atoms with Crippen LogP contribution in [0.1, 0.15) is 43.9 Å². The molecule has 0 spiro atoms. The third-order valence-corrected chi connectivity index (χ3v) is 10.6. The second-order valence-electron chi connectivity index (χ2n) is 13.8. The normalized spacial score (nSPS) is 20.0. The summed E-state index contributed by atoms with van der Waals surface area (Å²) in [6.07, 6.45) is 5.95. The maximum atomic E-state index is 13.5. The van der Waals surface area contributed by atoms with Crippen LogP contribution in [0.15, 0.2) is 84.3 Å². The highest BCUT2D eigenvalue weighted by Crippen LogP contribution is 2.38. The number of imide groups is 1. The zero-order valence-electron chi connectivity index (χ0n) is 29.6. The average Bonchev–Trinajstić information content (AvgIpc) is 3.66. The van der Waals surface area contributed by atoms with E-state index < -0.39 is 11.6 Å². The van der Waals surface area contributed by atoms with Gasteiger partial charge in [-0.25, -0.2) is 19.3 Å². The number of benzene rings is 2. The summed E-state index contributed by atoms with van der Waals surface area (Å²) >= 11 is 0. The van der Waals surface area contributed by atoms with E-state index >= 15 is 0 Å². The van der Waals surface area contributed by atoms with Gasteiger partial charge in [0.1, 0.15) is 17.0 Å². The first-order chi connectivity index (χ1) is 25.7. The van der Waals surface area contributed by atoms with Crippen LogP contribution in [-0.2, 0) is 28.2 Å². The van der Waals surface area contributed by atoms with Gasteiger partial charge in [0, 0.05) is 61.5 Å². The molecule has 2 aromatic carbocycles. The Morgan fingerprint density at radius 1 is 0.925 bits per heavy atom. The van der Waals surface area contributed by atoms with Crippen LogP contribution in [0.25, 0.3) is 16.9 Å². The minimum atomic E-state index is -0.994. The van der Waals surface area contributed by atoms with E-state index in [1.807, 2.05) is 43.3 Å². The minimum absolute atomic E-state index is 0.222. The second kappa shape index (κ2) is 13.8. The molecule has 4 N–H and O–H groups in total. The van der Waals surface area contributed by atoms with Gasteiger partial charge in [0.15, 0.2) is 11.5 Å². The predicted octanol–water partition coefficient (Wildman–Crippen LogP) is 3.99. The van der Waals surface area contributed by atoms with Gasteiger partial charge in [-0.1, -0.05) is 19.1 Å². The number of piperazine rings is 1. The smallest absolute Gasteiger partial charge is 0.278 e. The molecule has 2 amide bonds. The van der Waals surface area contributed by atoms with Crippen LogP contribution >= 0.6 is 0 Å². The first-order valence-electron chi connectivity index (χ1n) is 18.1. The number of carbonyl (C=O) groups is 2. The number of pyridine rings is 1. The summed E-state index contributed by atoms with van der Waals surface area (Å²) < 4.78 is 3.23. The molecule has 1 unspecified atom stereocenters. The highest BCUT2D eigenvalue weighted by atomic mass is 16.3. The molecule has 14 nitrogen and oxygen atoms in total. The van der Waals surface area contributed by atoms with E-state index in [9.17, 15) is 19.5 Å². The number of allylic oxidation sites excluding steroid dienone is 1. The Hall–Kier alpha value is -6.02. The highest BCUT2D eigenvalue weighted by Gasteiger charge is 2.37. The summed E-state index contributed by atoms with van der Waals surface area (Å²) in [5.41, 5.74) is 4.73. The van der Waals surface area contributed by atoms with Crippen molar-refractivity contribution < 1.29 is 14.7 Å². The number of nitrogens with zero attached hydrogens (tertiary/aromatic N) is 7. The standard InChI is InChI=1S/C39H42N10O4/c1-3-19-48-37(52)30-24-40-38(45-35(30)49(48)32-15-5-25-17-18-39(53,4-2)34(25)43-32)42-27-8-12-29(13-9-27)47-22-20-46(21-23-47)28-10-6-26(7-11-28)41-31-14-16-33(50)44-36(31)51/h3,5-13,15,24,31,41,53H,1,4,14,16-23H2,2H3,(H,40,42,45)(H,44,50,51)/t31?,39-/m1/s1. The van der Waals surface area contributed by atoms with Crippen molar-refractivity contribution in [3.8, 4) is 5.82 Å². The molecule has 53 heavy (non-hydrogen) atoms. The summed E-state index contributed by atoms with van der Waals surface area (Å²) in [5.74, 6) is 0.339. The number of amides is 2. The molecule has 2 fully saturated rings. The molecule has 2 atom stereocenters. The Bertz CT molecular complexity index is 2260. The van der Waals surface area contributed by atoms with Crippen molar-refractivity contribution in [2.24, 2.45) is 0 Å². The Kier molecular flexibility index (Phi) is 8.90. The fraction of sp³-hybridized carbons (Fsp3) is 0.333. The molecule has 2 saturated heterocycles. The Labute approximate surface area is 306 Å². The predicted molar refractivity (Wildman–Crippen MR) is 204 cm³/mol. The Morgan fingerprint density at radius 2 is 1.60 bits per heavy atom. The first-order valence-corrected chi connectivity index (χ1v) is 18.1. The quantitative estimate of drug-likeness (QED) is 0.122. The van der Waals surface area contributed by atoms with Crippen molar-refractivity contribution in [2.45, 2.75) is 57.2 Å². The van der Waals surface area contributed by atoms with Gasteiger partial charge in [-0.15, -0.1) is 6.58 Å². The van der Waals surface area contributed by atoms with E-state index in [1.54, 1.807) is 10.8 Å². The lowest BCUT2D eigenvalue weighted by Gasteiger charge is -2.37. The maximum Gasteiger partial charge on any atom is 0.278 e. The number of rotatable bonds is 10. The van der Waals surface area contributed by atoms with Crippen molar-refractivity contribution in [3.05, 3.63) is 101 Å². The van der Waals surface area contributed by atoms with Crippen LogP contribution in [0.5, 0.6) is 0 Å². The van der Waals surface area contributed by atoms with E-state index in [-0.39, 0.29) is 23.9 Å². The molecule has 8 rings (SSSR count). The number of anilines is 5. The number of aromatic nitrogens is 5. The molecule has 5 heterocycles. The van der Waals surface area contributed by atoms with Crippen LogP contribution in [0.3, 0.4) is 0 Å². The SMILES string of the molecule is C=CCn1c(=O)c2cnc(Nc3ccc(N4CCN(c5ccc(NC6CCC(=O)NC6=O)cc5)CC4)cc3)nc2n1-c1ccc2c(n1)[C@@](O)(CC)CC2. The van der Waals surface area contributed by atoms with Crippen LogP contribution in [-0.4, -0.2) is 73.5 Å². The molecule has 0 bridgehead atoms. The van der Waals surface area contributed by atoms with Crippen molar-refractivity contribution in [1.82, 2.24) is 29.6 Å². The topological polar surface area (TPSA) is 163 Å². The zero-order chi connectivity index (χ0) is 36.7. The van der Waals surface area contributed by atoms with Crippen molar-refractivity contribution in [1.29, 1.82) is 0 Å². The van der Waals surface area contributed by atoms with E-state index in [0.29, 0.717) is 54.2 Å². The average molecular weight is 715 g/mol. The van der Waals surface area contributed by atoms with Gasteiger partial charge >= 0.3 is 0 Å². The van der Waals surface area contributed by atoms with Crippen LogP contribution in [0.4, 0.5) is 28.7 Å². The molecule has 272 valence electrons. The molecule has 3 aliphatic rings. The number of aliphatic hydroxyl groups is 1. The molecule has 1 aliphatic carbocycles. The van der Waals surface area contributed by atoms with Crippen molar-refractivity contribution >= 4 is 51.5 Å². The summed E-state index contributed by atoms with van der Waals surface area (Å²) in [6, 6.07) is 19.7. The fourth-order valence-electron chi connectivity index (χ4n) is 7.52. The third-order valence-electron chi connectivity index (χ3n) is 10.6. The number of hydrogen-bond donors (Lipinski definition) is 4. The van der Waals surface area contributed by atoms with Crippen molar-refractivity contribution in [2.75, 3.05) is 46.6 Å². The van der Waals surface area contributed by atoms with Gasteiger partial charge in [-0.3, -0.25) is 19.7 Å². The number of carbonyl (C=O) groups excluding carboxylic acids is 2. The van der Waals surface area contributed by atoms with Gasteiger partial charge in [0.05, 0.1) is 12.2 Å². The Morgan fingerprint density at radius 3 is 2.25 bits per heavy atom. The van der Waals surface area contributed by atoms with Crippen LogP contribution in [0.2, 0.25) is 0 Å². The van der Waals surface area contributed by atoms with Gasteiger partial charge < -0.3 is 25.5 Å². The maximum absolute atomic E-state index is 13.5. The lowest BCUT2D eigenvalue weighted by molar-refractivity contribution is -0.133. The number of piperidine rings is 1. The largest absolute Gasteiger partial charge is 0.384 e. The molecular formula is C39H42N10O4. The monoisotopic (exact) mass is 714 g/mol. The van der Waals surface area contributed by atoms with E-state index in [0.717, 1.165) is 60.9 Å².